The van der Waals surface area contributed by atoms with E-state index in [0.717, 1.165) is 0 Å². The molecular weight excluding hydrogens is 230 g/mol. The van der Waals surface area contributed by atoms with Gasteiger partial charge in [-0.3, -0.25) is 9.78 Å². The van der Waals surface area contributed by atoms with Crippen LogP contribution in [0.3, 0.4) is 0 Å². The Kier molecular flexibility index (Phi) is 3.57. The highest BCUT2D eigenvalue weighted by Crippen LogP contribution is 2.26. The summed E-state index contributed by atoms with van der Waals surface area (Å²) < 4.78 is 10.3. The topological polar surface area (TPSA) is 48.4 Å². The molecule has 18 heavy (non-hydrogen) atoms. The molecule has 2 aromatic rings. The number of benzene rings is 1. The average molecular weight is 243 g/mol. The molecule has 92 valence electrons. The molecule has 0 atom stereocenters. The summed E-state index contributed by atoms with van der Waals surface area (Å²) in [5.74, 6) is 1.01. The van der Waals surface area contributed by atoms with Crippen molar-refractivity contribution >= 4 is 5.78 Å². The normalized spacial score (nSPS) is 9.89. The zero-order valence-electron chi connectivity index (χ0n) is 10.2. The summed E-state index contributed by atoms with van der Waals surface area (Å²) in [6, 6.07) is 8.55. The molecule has 0 bridgehead atoms. The Morgan fingerprint density at radius 1 is 1.17 bits per heavy atom. The van der Waals surface area contributed by atoms with Crippen LogP contribution in [0.15, 0.2) is 42.7 Å². The van der Waals surface area contributed by atoms with Crippen LogP contribution in [0.5, 0.6) is 11.5 Å². The minimum absolute atomic E-state index is 0.123. The van der Waals surface area contributed by atoms with Crippen molar-refractivity contribution in [1.29, 1.82) is 0 Å². The van der Waals surface area contributed by atoms with Gasteiger partial charge in [0.1, 0.15) is 11.5 Å². The van der Waals surface area contributed by atoms with Crippen molar-refractivity contribution in [3.05, 3.63) is 53.9 Å². The van der Waals surface area contributed by atoms with Gasteiger partial charge in [0, 0.05) is 24.0 Å². The zero-order valence-corrected chi connectivity index (χ0v) is 10.2. The first kappa shape index (κ1) is 12.1. The maximum Gasteiger partial charge on any atom is 0.198 e. The number of carbonyl (C=O) groups is 1. The van der Waals surface area contributed by atoms with E-state index in [1.54, 1.807) is 43.6 Å². The molecule has 4 heteroatoms. The third kappa shape index (κ3) is 2.32. The lowest BCUT2D eigenvalue weighted by Crippen LogP contribution is -2.04. The maximum atomic E-state index is 12.3. The zero-order chi connectivity index (χ0) is 13.0. The predicted molar refractivity (Wildman–Crippen MR) is 67.2 cm³/mol. The summed E-state index contributed by atoms with van der Waals surface area (Å²) in [5, 5.41) is 0. The number of nitrogens with zero attached hydrogens (tertiary/aromatic N) is 1. The summed E-state index contributed by atoms with van der Waals surface area (Å²) in [7, 11) is 3.09. The minimum atomic E-state index is -0.123. The monoisotopic (exact) mass is 243 g/mol. The number of methoxy groups -OCH3 is 2. The van der Waals surface area contributed by atoms with Crippen molar-refractivity contribution < 1.29 is 14.3 Å². The molecule has 1 aromatic carbocycles. The average Bonchev–Trinajstić information content (AvgIpc) is 2.46. The Balaban J connectivity index is 2.42. The molecule has 1 heterocycles. The smallest absolute Gasteiger partial charge is 0.198 e. The van der Waals surface area contributed by atoms with Crippen LogP contribution < -0.4 is 9.47 Å². The Morgan fingerprint density at radius 3 is 2.61 bits per heavy atom. The second-order valence-electron chi connectivity index (χ2n) is 3.64. The second-order valence-corrected chi connectivity index (χ2v) is 3.64. The lowest BCUT2D eigenvalue weighted by molar-refractivity contribution is 0.103. The number of rotatable bonds is 4. The van der Waals surface area contributed by atoms with Gasteiger partial charge in [0.05, 0.1) is 19.8 Å². The number of pyridine rings is 1. The van der Waals surface area contributed by atoms with Gasteiger partial charge in [-0.25, -0.2) is 0 Å². The lowest BCUT2D eigenvalue weighted by atomic mass is 10.0. The van der Waals surface area contributed by atoms with Crippen LogP contribution in [0.4, 0.5) is 0 Å². The molecular formula is C14H13NO3. The highest BCUT2D eigenvalue weighted by atomic mass is 16.5. The van der Waals surface area contributed by atoms with Gasteiger partial charge in [-0.15, -0.1) is 0 Å². The molecule has 0 radical (unpaired) electrons. The lowest BCUT2D eigenvalue weighted by Gasteiger charge is -2.09. The number of carbonyl (C=O) groups excluding carboxylic acids is 1. The Hall–Kier alpha value is -2.36. The van der Waals surface area contributed by atoms with Gasteiger partial charge in [0.25, 0.3) is 0 Å². The van der Waals surface area contributed by atoms with Crippen LogP contribution in [-0.4, -0.2) is 25.0 Å². The molecule has 0 saturated carbocycles. The van der Waals surface area contributed by atoms with Crippen molar-refractivity contribution in [2.24, 2.45) is 0 Å². The van der Waals surface area contributed by atoms with Crippen LogP contribution in [0.25, 0.3) is 0 Å². The van der Waals surface area contributed by atoms with Crippen molar-refractivity contribution in [3.8, 4) is 11.5 Å². The Bertz CT molecular complexity index is 552. The largest absolute Gasteiger partial charge is 0.497 e. The molecule has 0 aliphatic heterocycles. The van der Waals surface area contributed by atoms with E-state index in [1.807, 2.05) is 0 Å². The molecule has 2 rings (SSSR count). The summed E-state index contributed by atoms with van der Waals surface area (Å²) >= 11 is 0. The molecule has 0 saturated heterocycles. The molecule has 4 nitrogen and oxygen atoms in total. The highest BCUT2D eigenvalue weighted by molar-refractivity contribution is 6.10. The summed E-state index contributed by atoms with van der Waals surface area (Å²) in [6.45, 7) is 0. The first-order valence-corrected chi connectivity index (χ1v) is 5.43. The van der Waals surface area contributed by atoms with Gasteiger partial charge in [-0.1, -0.05) is 0 Å². The number of hydrogen-bond acceptors (Lipinski definition) is 4. The van der Waals surface area contributed by atoms with Gasteiger partial charge in [0.15, 0.2) is 5.78 Å². The summed E-state index contributed by atoms with van der Waals surface area (Å²) in [6.07, 6.45) is 3.16. The van der Waals surface area contributed by atoms with E-state index in [2.05, 4.69) is 4.98 Å². The summed E-state index contributed by atoms with van der Waals surface area (Å²) in [5.41, 5.74) is 1.02. The predicted octanol–water partition coefficient (Wildman–Crippen LogP) is 2.33. The quantitative estimate of drug-likeness (QED) is 0.773. The number of hydrogen-bond donors (Lipinski definition) is 0. The first-order chi connectivity index (χ1) is 8.76. The van der Waals surface area contributed by atoms with E-state index in [9.17, 15) is 4.79 Å². The Morgan fingerprint density at radius 2 is 2.00 bits per heavy atom. The third-order valence-electron chi connectivity index (χ3n) is 2.58. The highest BCUT2D eigenvalue weighted by Gasteiger charge is 2.15. The van der Waals surface area contributed by atoms with Crippen LogP contribution in [0.2, 0.25) is 0 Å². The van der Waals surface area contributed by atoms with Gasteiger partial charge >= 0.3 is 0 Å². The van der Waals surface area contributed by atoms with Crippen LogP contribution in [0, 0.1) is 0 Å². The van der Waals surface area contributed by atoms with E-state index in [4.69, 9.17) is 9.47 Å². The minimum Gasteiger partial charge on any atom is -0.497 e. The van der Waals surface area contributed by atoms with E-state index < -0.39 is 0 Å². The fourth-order valence-corrected chi connectivity index (χ4v) is 1.64. The van der Waals surface area contributed by atoms with E-state index in [1.165, 1.54) is 13.3 Å². The first-order valence-electron chi connectivity index (χ1n) is 5.43. The maximum absolute atomic E-state index is 12.3. The molecule has 0 fully saturated rings. The van der Waals surface area contributed by atoms with E-state index in [0.29, 0.717) is 22.6 Å². The molecule has 0 N–H and O–H groups in total. The van der Waals surface area contributed by atoms with Gasteiger partial charge in [0.2, 0.25) is 0 Å². The standard InChI is InChI=1S/C14H13NO3/c1-17-11-5-6-12(13(8-11)18-2)14(16)10-4-3-7-15-9-10/h3-9H,1-2H3. The molecule has 0 amide bonds. The molecule has 0 spiro atoms. The fourth-order valence-electron chi connectivity index (χ4n) is 1.64. The van der Waals surface area contributed by atoms with Crippen molar-refractivity contribution in [2.75, 3.05) is 14.2 Å². The second kappa shape index (κ2) is 5.31. The van der Waals surface area contributed by atoms with Crippen LogP contribution in [0.1, 0.15) is 15.9 Å². The van der Waals surface area contributed by atoms with Gasteiger partial charge in [-0.2, -0.15) is 0 Å². The van der Waals surface area contributed by atoms with Gasteiger partial charge < -0.3 is 9.47 Å². The molecule has 0 aliphatic carbocycles. The van der Waals surface area contributed by atoms with E-state index in [-0.39, 0.29) is 5.78 Å². The SMILES string of the molecule is COc1ccc(C(=O)c2cccnc2)c(OC)c1. The molecule has 0 aliphatic rings. The number of aromatic nitrogens is 1. The Labute approximate surface area is 105 Å². The van der Waals surface area contributed by atoms with Crippen molar-refractivity contribution in [1.82, 2.24) is 4.98 Å². The number of ether oxygens (including phenoxy) is 2. The van der Waals surface area contributed by atoms with Crippen LogP contribution >= 0.6 is 0 Å². The van der Waals surface area contributed by atoms with E-state index >= 15 is 0 Å². The number of ketones is 1. The molecule has 1 aromatic heterocycles. The third-order valence-corrected chi connectivity index (χ3v) is 2.58. The van der Waals surface area contributed by atoms with Gasteiger partial charge in [-0.05, 0) is 24.3 Å². The van der Waals surface area contributed by atoms with Crippen LogP contribution in [-0.2, 0) is 0 Å². The summed E-state index contributed by atoms with van der Waals surface area (Å²) in [4.78, 5) is 16.2. The fraction of sp³-hybridized carbons (Fsp3) is 0.143. The van der Waals surface area contributed by atoms with Crippen molar-refractivity contribution in [3.63, 3.8) is 0 Å². The van der Waals surface area contributed by atoms with Crippen molar-refractivity contribution in [2.45, 2.75) is 0 Å². The molecule has 0 unspecified atom stereocenters.